The summed E-state index contributed by atoms with van der Waals surface area (Å²) in [5, 5.41) is 6.18. The van der Waals surface area contributed by atoms with Gasteiger partial charge in [0.2, 0.25) is 0 Å². The normalized spacial score (nSPS) is 13.6. The first-order valence-corrected chi connectivity index (χ1v) is 13.5. The van der Waals surface area contributed by atoms with Gasteiger partial charge in [0, 0.05) is 40.3 Å². The second-order valence-corrected chi connectivity index (χ2v) is 10.6. The first kappa shape index (κ1) is 26.3. The number of amides is 1. The Kier molecular flexibility index (Phi) is 7.84. The van der Waals surface area contributed by atoms with Crippen molar-refractivity contribution in [3.63, 3.8) is 0 Å². The summed E-state index contributed by atoms with van der Waals surface area (Å²) in [5.41, 5.74) is 12.1. The van der Waals surface area contributed by atoms with Crippen LogP contribution in [0.4, 0.5) is 14.5 Å². The predicted molar refractivity (Wildman–Crippen MR) is 154 cm³/mol. The van der Waals surface area contributed by atoms with Crippen LogP contribution in [-0.2, 0) is 19.5 Å². The molecule has 1 aromatic heterocycles. The Balaban J connectivity index is 1.28. The molecule has 5 nitrogen and oxygen atoms in total. The van der Waals surface area contributed by atoms with Crippen molar-refractivity contribution in [3.8, 4) is 10.4 Å². The largest absolute Gasteiger partial charge is 0.383 e. The van der Waals surface area contributed by atoms with Crippen molar-refractivity contribution in [1.82, 2.24) is 5.32 Å². The number of allylic oxidation sites excluding steroid dienone is 1. The van der Waals surface area contributed by atoms with Crippen LogP contribution in [0.1, 0.15) is 43.9 Å². The Morgan fingerprint density at radius 3 is 2.72 bits per heavy atom. The monoisotopic (exact) mass is 542 g/mol. The van der Waals surface area contributed by atoms with Crippen molar-refractivity contribution in [2.45, 2.75) is 32.9 Å². The van der Waals surface area contributed by atoms with Gasteiger partial charge in [0.15, 0.2) is 11.6 Å². The number of aliphatic imine (C=N–C) groups is 1. The minimum atomic E-state index is -0.940. The summed E-state index contributed by atoms with van der Waals surface area (Å²) in [6.45, 7) is 2.54. The van der Waals surface area contributed by atoms with Crippen LogP contribution in [0.5, 0.6) is 0 Å². The summed E-state index contributed by atoms with van der Waals surface area (Å²) >= 11 is 1.67. The lowest BCUT2D eigenvalue weighted by atomic mass is 9.98. The van der Waals surface area contributed by atoms with Gasteiger partial charge in [0.1, 0.15) is 5.84 Å². The number of anilines is 1. The van der Waals surface area contributed by atoms with E-state index in [1.807, 2.05) is 31.2 Å². The first-order chi connectivity index (χ1) is 18.9. The number of benzene rings is 3. The SMILES string of the molecule is Cc1ccc(NCc2ccc(-c3ccc4c(c3)C(N)=N/C=C\CC4)s2)c(C(=O)NCc2ccc(F)c(F)c2)c1. The maximum atomic E-state index is 13.5. The molecule has 0 unspecified atom stereocenters. The topological polar surface area (TPSA) is 79.5 Å². The molecule has 39 heavy (non-hydrogen) atoms. The van der Waals surface area contributed by atoms with E-state index in [0.29, 0.717) is 29.2 Å². The predicted octanol–water partition coefficient (Wildman–Crippen LogP) is 6.71. The number of carbonyl (C=O) groups is 1. The van der Waals surface area contributed by atoms with Gasteiger partial charge >= 0.3 is 0 Å². The molecule has 1 amide bonds. The smallest absolute Gasteiger partial charge is 0.253 e. The van der Waals surface area contributed by atoms with Crippen LogP contribution in [0, 0.1) is 18.6 Å². The minimum Gasteiger partial charge on any atom is -0.383 e. The van der Waals surface area contributed by atoms with Gasteiger partial charge in [-0.15, -0.1) is 11.3 Å². The Hall–Kier alpha value is -4.30. The molecule has 0 spiro atoms. The van der Waals surface area contributed by atoms with Crippen LogP contribution in [0.15, 0.2) is 84.0 Å². The van der Waals surface area contributed by atoms with Crippen molar-refractivity contribution in [2.75, 3.05) is 5.32 Å². The van der Waals surface area contributed by atoms with E-state index in [4.69, 9.17) is 5.73 Å². The van der Waals surface area contributed by atoms with E-state index in [9.17, 15) is 13.6 Å². The summed E-state index contributed by atoms with van der Waals surface area (Å²) in [7, 11) is 0. The van der Waals surface area contributed by atoms with E-state index in [2.05, 4.69) is 46.0 Å². The molecular weight excluding hydrogens is 514 g/mol. The highest BCUT2D eigenvalue weighted by molar-refractivity contribution is 7.15. The van der Waals surface area contributed by atoms with E-state index < -0.39 is 11.6 Å². The molecule has 0 aliphatic carbocycles. The third-order valence-electron chi connectivity index (χ3n) is 6.54. The molecule has 0 saturated carbocycles. The van der Waals surface area contributed by atoms with Gasteiger partial charge in [0.25, 0.3) is 5.91 Å². The van der Waals surface area contributed by atoms with Gasteiger partial charge in [-0.25, -0.2) is 13.8 Å². The molecule has 198 valence electrons. The van der Waals surface area contributed by atoms with E-state index in [0.717, 1.165) is 51.4 Å². The number of hydrogen-bond donors (Lipinski definition) is 3. The zero-order valence-corrected chi connectivity index (χ0v) is 22.2. The summed E-state index contributed by atoms with van der Waals surface area (Å²) in [6, 6.07) is 19.7. The molecule has 3 aromatic carbocycles. The zero-order valence-electron chi connectivity index (χ0n) is 21.4. The zero-order chi connectivity index (χ0) is 27.4. The molecular formula is C31H28F2N4OS. The molecule has 0 radical (unpaired) electrons. The van der Waals surface area contributed by atoms with Crippen LogP contribution in [0.25, 0.3) is 10.4 Å². The number of hydrogen-bond acceptors (Lipinski definition) is 5. The highest BCUT2D eigenvalue weighted by atomic mass is 32.1. The van der Waals surface area contributed by atoms with Crippen molar-refractivity contribution < 1.29 is 13.6 Å². The van der Waals surface area contributed by atoms with E-state index in [-0.39, 0.29) is 12.5 Å². The van der Waals surface area contributed by atoms with Gasteiger partial charge in [-0.3, -0.25) is 4.79 Å². The summed E-state index contributed by atoms with van der Waals surface area (Å²) in [5.74, 6) is -1.63. The number of nitrogens with two attached hydrogens (primary N) is 1. The van der Waals surface area contributed by atoms with E-state index >= 15 is 0 Å². The third kappa shape index (κ3) is 6.23. The fourth-order valence-corrected chi connectivity index (χ4v) is 5.38. The molecule has 4 aromatic rings. The van der Waals surface area contributed by atoms with Crippen LogP contribution in [0.3, 0.4) is 0 Å². The molecule has 0 fully saturated rings. The van der Waals surface area contributed by atoms with Crippen molar-refractivity contribution in [2.24, 2.45) is 10.7 Å². The Bertz CT molecular complexity index is 1590. The van der Waals surface area contributed by atoms with Crippen molar-refractivity contribution in [3.05, 3.63) is 123 Å². The molecule has 0 bridgehead atoms. The average molecular weight is 543 g/mol. The average Bonchev–Trinajstić information content (AvgIpc) is 3.40. The quantitative estimate of drug-likeness (QED) is 0.243. The van der Waals surface area contributed by atoms with Gasteiger partial charge in [-0.2, -0.15) is 0 Å². The Morgan fingerprint density at radius 1 is 1.00 bits per heavy atom. The molecule has 1 aliphatic heterocycles. The Morgan fingerprint density at radius 2 is 1.87 bits per heavy atom. The van der Waals surface area contributed by atoms with Crippen LogP contribution >= 0.6 is 11.3 Å². The number of halogens is 2. The lowest BCUT2D eigenvalue weighted by Gasteiger charge is -2.13. The molecule has 8 heteroatoms. The maximum Gasteiger partial charge on any atom is 0.253 e. The fraction of sp³-hybridized carbons (Fsp3) is 0.161. The number of aryl methyl sites for hydroxylation is 2. The van der Waals surface area contributed by atoms with E-state index in [1.165, 1.54) is 11.6 Å². The lowest BCUT2D eigenvalue weighted by molar-refractivity contribution is 0.0951. The standard InChI is InChI=1S/C31H28F2N4OS/c1-19-5-11-28(25(14-19)31(38)37-17-20-6-10-26(32)27(33)15-20)36-18-23-9-12-29(39-23)22-8-7-21-4-2-3-13-35-30(34)24(21)16-22/h3,5-16,36H,2,4,17-18H2,1H3,(H2,34,35)(H,37,38)/b13-3-. The number of rotatable bonds is 7. The van der Waals surface area contributed by atoms with Crippen molar-refractivity contribution >= 4 is 28.8 Å². The third-order valence-corrected chi connectivity index (χ3v) is 7.68. The highest BCUT2D eigenvalue weighted by Gasteiger charge is 2.14. The molecule has 5 rings (SSSR count). The van der Waals surface area contributed by atoms with E-state index in [1.54, 1.807) is 17.5 Å². The number of nitrogens with one attached hydrogen (secondary N) is 2. The number of nitrogens with zero attached hydrogens (tertiary/aromatic N) is 1. The fourth-order valence-electron chi connectivity index (χ4n) is 4.44. The van der Waals surface area contributed by atoms with Crippen LogP contribution < -0.4 is 16.4 Å². The van der Waals surface area contributed by atoms with Crippen LogP contribution in [0.2, 0.25) is 0 Å². The Labute approximate surface area is 230 Å². The summed E-state index contributed by atoms with van der Waals surface area (Å²) < 4.78 is 26.7. The molecule has 1 aliphatic rings. The van der Waals surface area contributed by atoms with Crippen LogP contribution in [-0.4, -0.2) is 11.7 Å². The number of carbonyl (C=O) groups excluding carboxylic acids is 1. The highest BCUT2D eigenvalue weighted by Crippen LogP contribution is 2.31. The number of fused-ring (bicyclic) bond motifs is 1. The number of thiophene rings is 1. The van der Waals surface area contributed by atoms with Gasteiger partial charge in [0.05, 0.1) is 5.56 Å². The van der Waals surface area contributed by atoms with Gasteiger partial charge < -0.3 is 16.4 Å². The minimum absolute atomic E-state index is 0.0873. The summed E-state index contributed by atoms with van der Waals surface area (Å²) in [4.78, 5) is 19.6. The number of amidine groups is 1. The molecule has 0 atom stereocenters. The summed E-state index contributed by atoms with van der Waals surface area (Å²) in [6.07, 6.45) is 5.65. The first-order valence-electron chi connectivity index (χ1n) is 12.6. The van der Waals surface area contributed by atoms with Crippen molar-refractivity contribution in [1.29, 1.82) is 0 Å². The van der Waals surface area contributed by atoms with Gasteiger partial charge in [-0.05, 0) is 78.9 Å². The molecule has 4 N–H and O–H groups in total. The van der Waals surface area contributed by atoms with Gasteiger partial charge in [-0.1, -0.05) is 35.9 Å². The molecule has 0 saturated heterocycles. The second kappa shape index (κ2) is 11.6. The second-order valence-electron chi connectivity index (χ2n) is 9.41. The maximum absolute atomic E-state index is 13.5. The molecule has 2 heterocycles. The lowest BCUT2D eigenvalue weighted by Crippen LogP contribution is -2.24.